The molecule has 2 heterocycles. The average molecular weight is 490 g/mol. The quantitative estimate of drug-likeness (QED) is 0.527. The van der Waals surface area contributed by atoms with Crippen LogP contribution in [0.5, 0.6) is 11.5 Å². The maximum atomic E-state index is 12.9. The monoisotopic (exact) mass is 489 g/mol. The van der Waals surface area contributed by atoms with E-state index in [1.165, 1.54) is 39.9 Å². The van der Waals surface area contributed by atoms with Crippen molar-refractivity contribution in [2.24, 2.45) is 4.99 Å². The third-order valence-electron chi connectivity index (χ3n) is 5.76. The number of benzene rings is 2. The summed E-state index contributed by atoms with van der Waals surface area (Å²) < 4.78 is 40.8. The van der Waals surface area contributed by atoms with Gasteiger partial charge in [-0.2, -0.15) is 9.30 Å². The SMILES string of the molecule is CCn1c(=NC(=O)c2ccc(S(=O)(=O)N3CCCCC3)cc2)sc2cc(OC)c(OC)cc21. The zero-order chi connectivity index (χ0) is 23.6. The number of amides is 1. The van der Waals surface area contributed by atoms with Gasteiger partial charge in [-0.15, -0.1) is 0 Å². The Morgan fingerprint density at radius 3 is 2.27 bits per heavy atom. The lowest BCUT2D eigenvalue weighted by atomic mass is 10.2. The number of hydrogen-bond donors (Lipinski definition) is 0. The second kappa shape index (κ2) is 9.66. The molecule has 1 fully saturated rings. The van der Waals surface area contributed by atoms with Crippen LogP contribution >= 0.6 is 11.3 Å². The van der Waals surface area contributed by atoms with Crippen molar-refractivity contribution < 1.29 is 22.7 Å². The van der Waals surface area contributed by atoms with E-state index in [1.807, 2.05) is 23.6 Å². The standard InChI is InChI=1S/C23H27N3O5S2/c1-4-26-18-14-19(30-2)20(31-3)15-21(18)32-23(26)24-22(27)16-8-10-17(11-9-16)33(28,29)25-12-6-5-7-13-25/h8-11,14-15H,4-7,12-13H2,1-3H3. The molecule has 1 aliphatic heterocycles. The van der Waals surface area contributed by atoms with Crippen LogP contribution in [0, 0.1) is 0 Å². The largest absolute Gasteiger partial charge is 0.493 e. The van der Waals surface area contributed by atoms with Gasteiger partial charge in [-0.1, -0.05) is 17.8 Å². The lowest BCUT2D eigenvalue weighted by molar-refractivity contribution is 0.0997. The minimum Gasteiger partial charge on any atom is -0.493 e. The van der Waals surface area contributed by atoms with Gasteiger partial charge in [0.15, 0.2) is 16.3 Å². The molecule has 0 aliphatic carbocycles. The molecule has 176 valence electrons. The van der Waals surface area contributed by atoms with Crippen LogP contribution in [0.2, 0.25) is 0 Å². The predicted octanol–water partition coefficient (Wildman–Crippen LogP) is 3.66. The van der Waals surface area contributed by atoms with Gasteiger partial charge < -0.3 is 14.0 Å². The Balaban J connectivity index is 1.66. The number of aryl methyl sites for hydroxylation is 1. The molecule has 0 N–H and O–H groups in total. The fourth-order valence-corrected chi connectivity index (χ4v) is 6.58. The Hall–Kier alpha value is -2.69. The van der Waals surface area contributed by atoms with Crippen LogP contribution in [-0.4, -0.2) is 50.5 Å². The lowest BCUT2D eigenvalue weighted by Gasteiger charge is -2.25. The number of piperidine rings is 1. The zero-order valence-electron chi connectivity index (χ0n) is 18.9. The summed E-state index contributed by atoms with van der Waals surface area (Å²) in [6.07, 6.45) is 2.80. The molecule has 0 spiro atoms. The normalized spacial score (nSPS) is 15.7. The molecular weight excluding hydrogens is 462 g/mol. The molecule has 8 nitrogen and oxygen atoms in total. The highest BCUT2D eigenvalue weighted by Gasteiger charge is 2.26. The first-order valence-corrected chi connectivity index (χ1v) is 13.1. The number of fused-ring (bicyclic) bond motifs is 1. The van der Waals surface area contributed by atoms with Gasteiger partial charge >= 0.3 is 0 Å². The van der Waals surface area contributed by atoms with Crippen LogP contribution in [0.4, 0.5) is 0 Å². The summed E-state index contributed by atoms with van der Waals surface area (Å²) in [6, 6.07) is 9.77. The number of hydrogen-bond acceptors (Lipinski definition) is 6. The fraction of sp³-hybridized carbons (Fsp3) is 0.391. The number of sulfonamides is 1. The lowest BCUT2D eigenvalue weighted by Crippen LogP contribution is -2.35. The van der Waals surface area contributed by atoms with E-state index in [1.54, 1.807) is 14.2 Å². The molecule has 0 radical (unpaired) electrons. The summed E-state index contributed by atoms with van der Waals surface area (Å²) in [4.78, 5) is 18.0. The van der Waals surface area contributed by atoms with Crippen LogP contribution < -0.4 is 14.3 Å². The van der Waals surface area contributed by atoms with E-state index >= 15 is 0 Å². The second-order valence-electron chi connectivity index (χ2n) is 7.71. The van der Waals surface area contributed by atoms with Gasteiger partial charge in [-0.25, -0.2) is 8.42 Å². The molecule has 0 unspecified atom stereocenters. The number of nitrogens with zero attached hydrogens (tertiary/aromatic N) is 3. The van der Waals surface area contributed by atoms with Gasteiger partial charge in [0.05, 0.1) is 29.3 Å². The highest BCUT2D eigenvalue weighted by Crippen LogP contribution is 2.33. The van der Waals surface area contributed by atoms with E-state index in [9.17, 15) is 13.2 Å². The van der Waals surface area contributed by atoms with Crippen LogP contribution in [0.3, 0.4) is 0 Å². The van der Waals surface area contributed by atoms with E-state index in [-0.39, 0.29) is 4.90 Å². The molecule has 1 aromatic heterocycles. The predicted molar refractivity (Wildman–Crippen MR) is 128 cm³/mol. The molecule has 10 heteroatoms. The van der Waals surface area contributed by atoms with Gasteiger partial charge in [-0.3, -0.25) is 4.79 Å². The van der Waals surface area contributed by atoms with Crippen molar-refractivity contribution in [2.75, 3.05) is 27.3 Å². The van der Waals surface area contributed by atoms with E-state index in [0.29, 0.717) is 41.5 Å². The first-order valence-electron chi connectivity index (χ1n) is 10.8. The van der Waals surface area contributed by atoms with Gasteiger partial charge in [0, 0.05) is 37.3 Å². The number of rotatable bonds is 6. The topological polar surface area (TPSA) is 90.2 Å². The summed E-state index contributed by atoms with van der Waals surface area (Å²) >= 11 is 1.38. The van der Waals surface area contributed by atoms with Crippen molar-refractivity contribution >= 4 is 37.5 Å². The van der Waals surface area contributed by atoms with Crippen molar-refractivity contribution in [3.63, 3.8) is 0 Å². The highest BCUT2D eigenvalue weighted by molar-refractivity contribution is 7.89. The Kier molecular flexibility index (Phi) is 6.87. The molecule has 0 atom stereocenters. The van der Waals surface area contributed by atoms with E-state index in [2.05, 4.69) is 4.99 Å². The smallest absolute Gasteiger partial charge is 0.279 e. The first-order chi connectivity index (χ1) is 15.9. The molecule has 1 amide bonds. The molecular formula is C23H27N3O5S2. The zero-order valence-corrected chi connectivity index (χ0v) is 20.5. The summed E-state index contributed by atoms with van der Waals surface area (Å²) in [7, 11) is -0.381. The Morgan fingerprint density at radius 2 is 1.67 bits per heavy atom. The summed E-state index contributed by atoms with van der Waals surface area (Å²) in [5.41, 5.74) is 1.23. The van der Waals surface area contributed by atoms with E-state index in [0.717, 1.165) is 29.5 Å². The minimum atomic E-state index is -3.54. The molecule has 4 rings (SSSR count). The van der Waals surface area contributed by atoms with Crippen LogP contribution in [0.25, 0.3) is 10.2 Å². The Morgan fingerprint density at radius 1 is 1.03 bits per heavy atom. The van der Waals surface area contributed by atoms with Crippen molar-refractivity contribution in [1.29, 1.82) is 0 Å². The Bertz CT molecular complexity index is 1330. The van der Waals surface area contributed by atoms with E-state index < -0.39 is 15.9 Å². The van der Waals surface area contributed by atoms with Crippen molar-refractivity contribution in [3.8, 4) is 11.5 Å². The third-order valence-corrected chi connectivity index (χ3v) is 8.71. The minimum absolute atomic E-state index is 0.200. The van der Waals surface area contributed by atoms with Gasteiger partial charge in [0.2, 0.25) is 10.0 Å². The van der Waals surface area contributed by atoms with Crippen molar-refractivity contribution in [2.45, 2.75) is 37.6 Å². The number of methoxy groups -OCH3 is 2. The molecule has 3 aromatic rings. The van der Waals surface area contributed by atoms with Gasteiger partial charge in [0.1, 0.15) is 0 Å². The summed E-state index contributed by atoms with van der Waals surface area (Å²) in [6.45, 7) is 3.68. The molecule has 33 heavy (non-hydrogen) atoms. The maximum absolute atomic E-state index is 12.9. The number of thiazole rings is 1. The maximum Gasteiger partial charge on any atom is 0.279 e. The van der Waals surface area contributed by atoms with Gasteiger partial charge in [-0.05, 0) is 44.0 Å². The molecule has 1 saturated heterocycles. The number of carbonyl (C=O) groups is 1. The summed E-state index contributed by atoms with van der Waals surface area (Å²) in [5, 5.41) is 0. The number of aromatic nitrogens is 1. The molecule has 2 aromatic carbocycles. The average Bonchev–Trinajstić information content (AvgIpc) is 3.19. The molecule has 0 bridgehead atoms. The van der Waals surface area contributed by atoms with Crippen molar-refractivity contribution in [3.05, 3.63) is 46.8 Å². The van der Waals surface area contributed by atoms with Crippen LogP contribution in [-0.2, 0) is 16.6 Å². The first kappa shape index (κ1) is 23.5. The number of ether oxygens (including phenoxy) is 2. The fourth-order valence-electron chi connectivity index (χ4n) is 3.96. The molecule has 1 aliphatic rings. The van der Waals surface area contributed by atoms with E-state index in [4.69, 9.17) is 9.47 Å². The van der Waals surface area contributed by atoms with Crippen molar-refractivity contribution in [1.82, 2.24) is 8.87 Å². The molecule has 0 saturated carbocycles. The van der Waals surface area contributed by atoms with Gasteiger partial charge in [0.25, 0.3) is 5.91 Å². The highest BCUT2D eigenvalue weighted by atomic mass is 32.2. The van der Waals surface area contributed by atoms with Crippen LogP contribution in [0.1, 0.15) is 36.5 Å². The third kappa shape index (κ3) is 4.55. The number of carbonyl (C=O) groups excluding carboxylic acids is 1. The Labute approximate surface area is 197 Å². The second-order valence-corrected chi connectivity index (χ2v) is 10.7. The summed E-state index contributed by atoms with van der Waals surface area (Å²) in [5.74, 6) is 0.788. The van der Waals surface area contributed by atoms with Crippen LogP contribution in [0.15, 0.2) is 46.3 Å².